The first kappa shape index (κ1) is 9.15. The summed E-state index contributed by atoms with van der Waals surface area (Å²) < 4.78 is 1.75. The van der Waals surface area contributed by atoms with Crippen LogP contribution in [-0.4, -0.2) is 19.7 Å². The molecule has 5 heteroatoms. The molecule has 0 saturated heterocycles. The van der Waals surface area contributed by atoms with Crippen molar-refractivity contribution >= 4 is 11.6 Å². The Bertz CT molecular complexity index is 464. The lowest BCUT2D eigenvalue weighted by molar-refractivity contribution is 0.756. The number of halogens is 1. The van der Waals surface area contributed by atoms with Crippen molar-refractivity contribution in [3.05, 3.63) is 29.4 Å². The van der Waals surface area contributed by atoms with Crippen LogP contribution in [0.15, 0.2) is 18.6 Å². The Morgan fingerprint density at radius 1 is 1.36 bits per heavy atom. The Labute approximate surface area is 86.6 Å². The van der Waals surface area contributed by atoms with E-state index in [1.54, 1.807) is 10.7 Å². The third-order valence-corrected chi connectivity index (χ3v) is 2.13. The molecule has 0 aliphatic heterocycles. The van der Waals surface area contributed by atoms with Crippen LogP contribution in [0.4, 0.5) is 0 Å². The van der Waals surface area contributed by atoms with Crippen molar-refractivity contribution < 1.29 is 0 Å². The van der Waals surface area contributed by atoms with Gasteiger partial charge in [-0.25, -0.2) is 9.97 Å². The highest BCUT2D eigenvalue weighted by Gasteiger charge is 2.07. The van der Waals surface area contributed by atoms with Crippen LogP contribution in [0, 0.1) is 6.92 Å². The Morgan fingerprint density at radius 3 is 2.71 bits per heavy atom. The lowest BCUT2D eigenvalue weighted by atomic mass is 10.2. The summed E-state index contributed by atoms with van der Waals surface area (Å²) in [5, 5.41) is 4.67. The molecule has 72 valence electrons. The van der Waals surface area contributed by atoms with Crippen LogP contribution in [0.2, 0.25) is 5.15 Å². The molecule has 0 fully saturated rings. The minimum atomic E-state index is 0.443. The van der Waals surface area contributed by atoms with Gasteiger partial charge in [-0.05, 0) is 6.92 Å². The lowest BCUT2D eigenvalue weighted by Crippen LogP contribution is -1.86. The molecule has 0 amide bonds. The van der Waals surface area contributed by atoms with E-state index < -0.39 is 0 Å². The number of hydrogen-bond acceptors (Lipinski definition) is 3. The first-order chi connectivity index (χ1) is 6.66. The molecule has 0 atom stereocenters. The molecular formula is C9H9ClN4. The highest BCUT2D eigenvalue weighted by Crippen LogP contribution is 2.21. The molecule has 0 aliphatic carbocycles. The molecule has 4 nitrogen and oxygen atoms in total. The summed E-state index contributed by atoms with van der Waals surface area (Å²) in [5.74, 6) is 0. The van der Waals surface area contributed by atoms with Crippen molar-refractivity contribution in [3.63, 3.8) is 0 Å². The zero-order chi connectivity index (χ0) is 10.1. The van der Waals surface area contributed by atoms with Crippen LogP contribution in [0.5, 0.6) is 0 Å². The number of rotatable bonds is 1. The highest BCUT2D eigenvalue weighted by molar-refractivity contribution is 6.29. The smallest absolute Gasteiger partial charge is 0.133 e. The minimum Gasteiger partial charge on any atom is -0.275 e. The van der Waals surface area contributed by atoms with Crippen molar-refractivity contribution in [1.29, 1.82) is 0 Å². The number of hydrogen-bond donors (Lipinski definition) is 0. The molecule has 0 aliphatic rings. The standard InChI is InChI=1S/C9H9ClN4/c1-6-7(4-14(2)13-6)8-3-9(10)12-5-11-8/h3-5H,1-2H3. The first-order valence-corrected chi connectivity index (χ1v) is 4.53. The zero-order valence-corrected chi connectivity index (χ0v) is 8.65. The van der Waals surface area contributed by atoms with E-state index in [0.717, 1.165) is 17.0 Å². The molecular weight excluding hydrogens is 200 g/mol. The van der Waals surface area contributed by atoms with Crippen molar-refractivity contribution in [2.75, 3.05) is 0 Å². The van der Waals surface area contributed by atoms with E-state index >= 15 is 0 Å². The number of aromatic nitrogens is 4. The summed E-state index contributed by atoms with van der Waals surface area (Å²) in [4.78, 5) is 7.96. The van der Waals surface area contributed by atoms with Gasteiger partial charge in [-0.2, -0.15) is 5.10 Å². The van der Waals surface area contributed by atoms with Gasteiger partial charge in [-0.15, -0.1) is 0 Å². The van der Waals surface area contributed by atoms with E-state index in [2.05, 4.69) is 15.1 Å². The van der Waals surface area contributed by atoms with Gasteiger partial charge in [0, 0.05) is 24.9 Å². The van der Waals surface area contributed by atoms with Gasteiger partial charge in [0.15, 0.2) is 0 Å². The molecule has 0 saturated carbocycles. The fourth-order valence-electron chi connectivity index (χ4n) is 1.33. The quantitative estimate of drug-likeness (QED) is 0.672. The van der Waals surface area contributed by atoms with Gasteiger partial charge in [0.25, 0.3) is 0 Å². The van der Waals surface area contributed by atoms with Gasteiger partial charge < -0.3 is 0 Å². The third kappa shape index (κ3) is 1.61. The van der Waals surface area contributed by atoms with Gasteiger partial charge in [0.2, 0.25) is 0 Å². The summed E-state index contributed by atoms with van der Waals surface area (Å²) in [6.45, 7) is 1.94. The summed E-state index contributed by atoms with van der Waals surface area (Å²) in [5.41, 5.74) is 2.72. The molecule has 0 radical (unpaired) electrons. The third-order valence-electron chi connectivity index (χ3n) is 1.92. The fourth-order valence-corrected chi connectivity index (χ4v) is 1.48. The maximum Gasteiger partial charge on any atom is 0.133 e. The molecule has 14 heavy (non-hydrogen) atoms. The molecule has 0 spiro atoms. The van der Waals surface area contributed by atoms with E-state index in [9.17, 15) is 0 Å². The van der Waals surface area contributed by atoms with Gasteiger partial charge in [-0.1, -0.05) is 11.6 Å². The molecule has 0 aromatic carbocycles. The maximum atomic E-state index is 5.78. The monoisotopic (exact) mass is 208 g/mol. The van der Waals surface area contributed by atoms with E-state index in [4.69, 9.17) is 11.6 Å². The van der Waals surface area contributed by atoms with Crippen LogP contribution in [-0.2, 0) is 7.05 Å². The molecule has 2 aromatic heterocycles. The van der Waals surface area contributed by atoms with E-state index in [-0.39, 0.29) is 0 Å². The molecule has 0 unspecified atom stereocenters. The van der Waals surface area contributed by atoms with Gasteiger partial charge in [0.05, 0.1) is 11.4 Å². The lowest BCUT2D eigenvalue weighted by Gasteiger charge is -1.96. The molecule has 2 aromatic rings. The predicted molar refractivity (Wildman–Crippen MR) is 54.0 cm³/mol. The summed E-state index contributed by atoms with van der Waals surface area (Å²) in [6.07, 6.45) is 3.36. The molecule has 0 N–H and O–H groups in total. The van der Waals surface area contributed by atoms with Crippen molar-refractivity contribution in [2.24, 2.45) is 7.05 Å². The molecule has 2 heterocycles. The first-order valence-electron chi connectivity index (χ1n) is 4.15. The van der Waals surface area contributed by atoms with Crippen molar-refractivity contribution in [3.8, 4) is 11.3 Å². The van der Waals surface area contributed by atoms with Crippen LogP contribution in [0.25, 0.3) is 11.3 Å². The SMILES string of the molecule is Cc1nn(C)cc1-c1cc(Cl)ncn1. The van der Waals surface area contributed by atoms with Gasteiger partial charge in [0.1, 0.15) is 11.5 Å². The Hall–Kier alpha value is -1.42. The number of aryl methyl sites for hydroxylation is 2. The fraction of sp³-hybridized carbons (Fsp3) is 0.222. The van der Waals surface area contributed by atoms with Gasteiger partial charge >= 0.3 is 0 Å². The van der Waals surface area contributed by atoms with E-state index in [1.165, 1.54) is 6.33 Å². The highest BCUT2D eigenvalue weighted by atomic mass is 35.5. The summed E-state index contributed by atoms with van der Waals surface area (Å²) >= 11 is 5.78. The van der Waals surface area contributed by atoms with Crippen molar-refractivity contribution in [1.82, 2.24) is 19.7 Å². The summed E-state index contributed by atoms with van der Waals surface area (Å²) in [6, 6.07) is 1.73. The topological polar surface area (TPSA) is 43.6 Å². The van der Waals surface area contributed by atoms with Crippen LogP contribution in [0.1, 0.15) is 5.69 Å². The predicted octanol–water partition coefficient (Wildman–Crippen LogP) is 1.84. The zero-order valence-electron chi connectivity index (χ0n) is 7.90. The largest absolute Gasteiger partial charge is 0.275 e. The molecule has 2 rings (SSSR count). The number of nitrogens with zero attached hydrogens (tertiary/aromatic N) is 4. The minimum absolute atomic E-state index is 0.443. The Morgan fingerprint density at radius 2 is 2.14 bits per heavy atom. The van der Waals surface area contributed by atoms with Gasteiger partial charge in [-0.3, -0.25) is 4.68 Å². The normalized spacial score (nSPS) is 10.5. The second kappa shape index (κ2) is 3.38. The second-order valence-electron chi connectivity index (χ2n) is 3.03. The van der Waals surface area contributed by atoms with Crippen molar-refractivity contribution in [2.45, 2.75) is 6.92 Å². The average molecular weight is 209 g/mol. The molecule has 0 bridgehead atoms. The van der Waals surface area contributed by atoms with E-state index in [0.29, 0.717) is 5.15 Å². The van der Waals surface area contributed by atoms with Crippen LogP contribution < -0.4 is 0 Å². The maximum absolute atomic E-state index is 5.78. The second-order valence-corrected chi connectivity index (χ2v) is 3.42. The van der Waals surface area contributed by atoms with E-state index in [1.807, 2.05) is 20.2 Å². The summed E-state index contributed by atoms with van der Waals surface area (Å²) in [7, 11) is 1.87. The Kier molecular flexibility index (Phi) is 2.21. The van der Waals surface area contributed by atoms with Crippen LogP contribution in [0.3, 0.4) is 0 Å². The Balaban J connectivity index is 2.54. The van der Waals surface area contributed by atoms with Crippen LogP contribution >= 0.6 is 11.6 Å². The average Bonchev–Trinajstić information content (AvgIpc) is 2.45.